The maximum atomic E-state index is 13.1. The van der Waals surface area contributed by atoms with Gasteiger partial charge in [0.25, 0.3) is 5.78 Å². The molecule has 34 unspecified atom stereocenters. The molecule has 12 aliphatic rings. The quantitative estimate of drug-likeness (QED) is 0.0717. The number of hydrogen-bond donors (Lipinski definition) is 4. The van der Waals surface area contributed by atoms with Crippen molar-refractivity contribution < 1.29 is 125 Å². The fraction of sp³-hybridized carbons (Fsp3) is 0.914. The molecule has 0 aromatic carbocycles. The highest BCUT2D eigenvalue weighted by Crippen LogP contribution is 2.72. The van der Waals surface area contributed by atoms with Crippen LogP contribution in [0.4, 0.5) is 0 Å². The molecule has 7 saturated heterocycles. The van der Waals surface area contributed by atoms with E-state index in [0.29, 0.717) is 18.8 Å². The molecule has 0 amide bonds. The first-order valence-corrected chi connectivity index (χ1v) is 35.5. The van der Waals surface area contributed by atoms with Crippen LogP contribution in [0.2, 0.25) is 0 Å². The van der Waals surface area contributed by atoms with Crippen molar-refractivity contribution in [2.75, 3.05) is 27.9 Å². The lowest BCUT2D eigenvalue weighted by molar-refractivity contribution is -0.472. The number of ketones is 1. The van der Waals surface area contributed by atoms with Crippen LogP contribution in [0, 0.1) is 28.1 Å². The number of ether oxygens (including phenoxy) is 18. The Bertz CT molecular complexity index is 2730. The Morgan fingerprint density at radius 1 is 0.646 bits per heavy atom. The molecule has 0 bridgehead atoms. The Kier molecular flexibility index (Phi) is 22.1. The number of Topliss-reactive ketones (excluding diaryl/α,β-unsaturated/α-hetero) is 1. The number of aliphatic hydroxyl groups is 4. The number of aliphatic hydroxyl groups excluding tert-OH is 3. The van der Waals surface area contributed by atoms with Crippen molar-refractivity contribution in [1.82, 2.24) is 0 Å². The molecule has 12 rings (SSSR count). The number of allylic oxidation sites excluding steroid dienone is 1. The van der Waals surface area contributed by atoms with Crippen LogP contribution in [0.15, 0.2) is 23.5 Å². The molecule has 10 fully saturated rings. The van der Waals surface area contributed by atoms with Gasteiger partial charge >= 0.3 is 5.97 Å². The van der Waals surface area contributed by atoms with Crippen molar-refractivity contribution in [1.29, 1.82) is 0 Å². The van der Waals surface area contributed by atoms with Gasteiger partial charge in [0.2, 0.25) is 12.1 Å². The number of rotatable bonds is 17. The zero-order chi connectivity index (χ0) is 68.7. The number of methoxy groups -OCH3 is 3. The van der Waals surface area contributed by atoms with E-state index in [1.54, 1.807) is 48.0 Å². The second-order valence-corrected chi connectivity index (χ2v) is 30.6. The number of carbonyl (C=O) groups is 2. The minimum atomic E-state index is -1.38. The standard InChI is InChI=1S/C70H110O26/c1-33-24-47(77-13)58(75)65(81-33)89-43-17-21-66(10)42(25-43)16-20-67(11)52(66)18-22-68(12)53(67)19-23-70(68,76)40(8)87-56-30-49-63(38(6)85-56)95-96-69(32-80-49)31-51(79-15)62(39(7)94-69)92-55-28-46(74)59(35(3)83-55)90-54-27-45(73)60(36(4)82-54)91-57-29-48(78-14)61(37(5)84-57)93-64-50(88-41(9)71)26-44(72)34(2)86-64/h16,24,33-40,43-46,48-57,59-65,72-74,76H,17-23,25-32H2,1-15H3. The summed E-state index contributed by atoms with van der Waals surface area (Å²) in [5, 5.41) is 46.7. The molecule has 0 radical (unpaired) electrons. The zero-order valence-corrected chi connectivity index (χ0v) is 58.8. The summed E-state index contributed by atoms with van der Waals surface area (Å²) < 4.78 is 112. The molecule has 34 atom stereocenters. The average molecular weight is 1370 g/mol. The van der Waals surface area contributed by atoms with Gasteiger partial charge < -0.3 is 106 Å². The van der Waals surface area contributed by atoms with E-state index in [0.717, 1.165) is 44.9 Å². The minimum absolute atomic E-state index is 0.00792. The Morgan fingerprint density at radius 2 is 1.27 bits per heavy atom. The molecule has 1 spiro atoms. The van der Waals surface area contributed by atoms with Crippen molar-refractivity contribution in [3.63, 3.8) is 0 Å². The first-order valence-electron chi connectivity index (χ1n) is 35.5. The third-order valence-electron chi connectivity index (χ3n) is 24.5. The largest absolute Gasteiger partial charge is 0.493 e. The number of carbonyl (C=O) groups excluding carboxylic acids is 2. The highest BCUT2D eigenvalue weighted by molar-refractivity contribution is 5.96. The summed E-state index contributed by atoms with van der Waals surface area (Å²) in [6.45, 7) is 23.2. The van der Waals surface area contributed by atoms with Gasteiger partial charge in [-0.2, -0.15) is 4.89 Å². The number of hydrogen-bond acceptors (Lipinski definition) is 26. The monoisotopic (exact) mass is 1370 g/mol. The summed E-state index contributed by atoms with van der Waals surface area (Å²) in [5.74, 6) is -1.21. The van der Waals surface area contributed by atoms with Crippen LogP contribution in [-0.4, -0.2) is 237 Å². The van der Waals surface area contributed by atoms with E-state index in [4.69, 9.17) is 95.0 Å². The van der Waals surface area contributed by atoms with Crippen molar-refractivity contribution >= 4 is 11.8 Å². The van der Waals surface area contributed by atoms with Gasteiger partial charge in [0, 0.05) is 65.1 Å². The first-order chi connectivity index (χ1) is 45.5. The van der Waals surface area contributed by atoms with E-state index >= 15 is 0 Å². The van der Waals surface area contributed by atoms with Gasteiger partial charge in [-0.25, -0.2) is 4.89 Å². The summed E-state index contributed by atoms with van der Waals surface area (Å²) in [5.41, 5.74) is -0.192. The van der Waals surface area contributed by atoms with Crippen LogP contribution < -0.4 is 0 Å². The number of fused-ring (bicyclic) bond motifs is 6. The highest BCUT2D eigenvalue weighted by Gasteiger charge is 2.70. The predicted octanol–water partition coefficient (Wildman–Crippen LogP) is 6.19. The maximum Gasteiger partial charge on any atom is 0.303 e. The molecular weight excluding hydrogens is 1260 g/mol. The smallest absolute Gasteiger partial charge is 0.303 e. The van der Waals surface area contributed by atoms with Gasteiger partial charge in [-0.1, -0.05) is 32.4 Å². The topological polar surface area (TPSA) is 300 Å². The molecule has 546 valence electrons. The molecule has 26 nitrogen and oxygen atoms in total. The Labute approximate surface area is 564 Å². The van der Waals surface area contributed by atoms with Gasteiger partial charge in [-0.3, -0.25) is 9.59 Å². The van der Waals surface area contributed by atoms with Crippen molar-refractivity contribution in [3.8, 4) is 0 Å². The maximum absolute atomic E-state index is 13.1. The van der Waals surface area contributed by atoms with E-state index in [9.17, 15) is 30.0 Å². The van der Waals surface area contributed by atoms with Crippen LogP contribution in [0.1, 0.15) is 173 Å². The Morgan fingerprint density at radius 3 is 1.92 bits per heavy atom. The van der Waals surface area contributed by atoms with E-state index in [1.807, 2.05) is 27.7 Å². The third-order valence-corrected chi connectivity index (χ3v) is 24.5. The average Bonchev–Trinajstić information content (AvgIpc) is 1.39. The molecule has 0 aromatic rings. The number of esters is 1. The van der Waals surface area contributed by atoms with Crippen LogP contribution in [0.3, 0.4) is 0 Å². The summed E-state index contributed by atoms with van der Waals surface area (Å²) in [7, 11) is 4.64. The molecule has 4 aliphatic carbocycles. The van der Waals surface area contributed by atoms with Crippen LogP contribution in [0.25, 0.3) is 0 Å². The van der Waals surface area contributed by atoms with Crippen molar-refractivity contribution in [2.24, 2.45) is 28.1 Å². The van der Waals surface area contributed by atoms with Gasteiger partial charge in [-0.05, 0) is 135 Å². The van der Waals surface area contributed by atoms with Crippen LogP contribution in [0.5, 0.6) is 0 Å². The molecule has 8 aliphatic heterocycles. The molecule has 26 heteroatoms. The fourth-order valence-corrected chi connectivity index (χ4v) is 19.3. The van der Waals surface area contributed by atoms with Gasteiger partial charge in [0.05, 0.1) is 104 Å². The normalized spacial score (nSPS) is 51.8. The lowest BCUT2D eigenvalue weighted by atomic mass is 9.41. The van der Waals surface area contributed by atoms with Gasteiger partial charge in [0.1, 0.15) is 37.1 Å². The molecular formula is C70H110O26. The first kappa shape index (κ1) is 73.3. The lowest BCUT2D eigenvalue weighted by Crippen LogP contribution is -2.62. The molecule has 96 heavy (non-hydrogen) atoms. The van der Waals surface area contributed by atoms with E-state index in [-0.39, 0.29) is 79.2 Å². The lowest BCUT2D eigenvalue weighted by Gasteiger charge is -2.64. The van der Waals surface area contributed by atoms with Gasteiger partial charge in [-0.15, -0.1) is 0 Å². The van der Waals surface area contributed by atoms with Crippen molar-refractivity contribution in [3.05, 3.63) is 23.5 Å². The predicted molar refractivity (Wildman–Crippen MR) is 334 cm³/mol. The van der Waals surface area contributed by atoms with E-state index in [1.165, 1.54) is 19.6 Å². The van der Waals surface area contributed by atoms with Crippen LogP contribution in [-0.2, 0) is 105 Å². The zero-order valence-electron chi connectivity index (χ0n) is 58.8. The third kappa shape index (κ3) is 14.1. The molecule has 4 N–H and O–H groups in total. The van der Waals surface area contributed by atoms with E-state index in [2.05, 4.69) is 26.8 Å². The summed E-state index contributed by atoms with van der Waals surface area (Å²) >= 11 is 0. The second kappa shape index (κ2) is 29.0. The molecule has 3 saturated carbocycles. The Hall–Kier alpha value is -2.46. The SMILES string of the molecule is COC1=CC(C)OC(OC2CCC3(C)C(=CCC4(C)C3CCC3(C)C4CCC3(O)C(C)OC3CC4OCC5(CC(OC)C(OC6CC(O)C(OC7CC(O)C(OC8CC(OC)C(OC9OC(C)C(O)CC9OC(C)=O)C(C)O8)C(C)O7)C(C)O6)C(C)O5)OOC4C(C)O3)C2)C1=O. The van der Waals surface area contributed by atoms with Crippen molar-refractivity contribution in [2.45, 2.75) is 350 Å². The fourth-order valence-electron chi connectivity index (χ4n) is 19.3. The van der Waals surface area contributed by atoms with Crippen LogP contribution >= 0.6 is 0 Å². The van der Waals surface area contributed by atoms with E-state index < -0.39 is 176 Å². The molecule has 8 heterocycles. The summed E-state index contributed by atoms with van der Waals surface area (Å²) in [6, 6.07) is 0. The van der Waals surface area contributed by atoms with Gasteiger partial charge in [0.15, 0.2) is 43.3 Å². The second-order valence-electron chi connectivity index (χ2n) is 30.6. The highest BCUT2D eigenvalue weighted by atomic mass is 17.2. The molecule has 0 aromatic heterocycles. The Balaban J connectivity index is 0.600. The minimum Gasteiger partial charge on any atom is -0.493 e. The summed E-state index contributed by atoms with van der Waals surface area (Å²) in [6.07, 6.45) is -6.88. The summed E-state index contributed by atoms with van der Waals surface area (Å²) in [4.78, 5) is 37.5.